The number of aryl methyl sites for hydroxylation is 1. The predicted molar refractivity (Wildman–Crippen MR) is 92.2 cm³/mol. The minimum atomic E-state index is -0.738. The molecule has 0 unspecified atom stereocenters. The number of anilines is 1. The number of hydrogen-bond donors (Lipinski definition) is 2. The lowest BCUT2D eigenvalue weighted by molar-refractivity contribution is -0.119. The number of esters is 2. The molecule has 8 heteroatoms. The fraction of sp³-hybridized carbons (Fsp3) is 0.235. The van der Waals surface area contributed by atoms with Gasteiger partial charge in [0.15, 0.2) is 6.61 Å². The van der Waals surface area contributed by atoms with Gasteiger partial charge < -0.3 is 19.9 Å². The molecule has 132 valence electrons. The van der Waals surface area contributed by atoms with Crippen LogP contribution in [-0.2, 0) is 14.3 Å². The van der Waals surface area contributed by atoms with Crippen LogP contribution in [0.15, 0.2) is 24.3 Å². The SMILES string of the molecule is COC(=O)c1c(NC(=O)COC(=O)c2cccc(O)c2)sc(C)c1C. The molecule has 25 heavy (non-hydrogen) atoms. The zero-order valence-electron chi connectivity index (χ0n) is 13.9. The normalized spacial score (nSPS) is 10.2. The van der Waals surface area contributed by atoms with Crippen molar-refractivity contribution in [2.75, 3.05) is 19.0 Å². The summed E-state index contributed by atoms with van der Waals surface area (Å²) in [5.41, 5.74) is 1.15. The van der Waals surface area contributed by atoms with Crippen molar-refractivity contribution in [2.24, 2.45) is 0 Å². The summed E-state index contributed by atoms with van der Waals surface area (Å²) in [5, 5.41) is 12.2. The number of ether oxygens (including phenoxy) is 2. The summed E-state index contributed by atoms with van der Waals surface area (Å²) in [4.78, 5) is 36.6. The molecule has 0 saturated carbocycles. The molecule has 1 aromatic carbocycles. The molecule has 1 amide bonds. The highest BCUT2D eigenvalue weighted by atomic mass is 32.1. The number of methoxy groups -OCH3 is 1. The van der Waals surface area contributed by atoms with Crippen molar-refractivity contribution in [3.63, 3.8) is 0 Å². The molecule has 0 fully saturated rings. The maximum absolute atomic E-state index is 12.0. The minimum Gasteiger partial charge on any atom is -0.508 e. The van der Waals surface area contributed by atoms with Crippen LogP contribution < -0.4 is 5.32 Å². The quantitative estimate of drug-likeness (QED) is 0.792. The Kier molecular flexibility index (Phi) is 5.76. The van der Waals surface area contributed by atoms with Gasteiger partial charge in [-0.2, -0.15) is 0 Å². The van der Waals surface area contributed by atoms with E-state index in [1.807, 2.05) is 6.92 Å². The first-order valence-electron chi connectivity index (χ1n) is 7.27. The van der Waals surface area contributed by atoms with Crippen LogP contribution in [0.5, 0.6) is 5.75 Å². The van der Waals surface area contributed by atoms with Gasteiger partial charge in [0.25, 0.3) is 5.91 Å². The number of phenolic OH excluding ortho intramolecular Hbond substituents is 1. The Morgan fingerprint density at radius 1 is 1.20 bits per heavy atom. The van der Waals surface area contributed by atoms with Crippen molar-refractivity contribution in [1.29, 1.82) is 0 Å². The third-order valence-electron chi connectivity index (χ3n) is 3.44. The number of aromatic hydroxyl groups is 1. The molecule has 0 bridgehead atoms. The average Bonchev–Trinajstić information content (AvgIpc) is 2.86. The maximum atomic E-state index is 12.0. The van der Waals surface area contributed by atoms with Gasteiger partial charge >= 0.3 is 11.9 Å². The molecule has 0 aliphatic heterocycles. The summed E-state index contributed by atoms with van der Waals surface area (Å²) in [6.07, 6.45) is 0. The number of rotatable bonds is 5. The molecule has 7 nitrogen and oxygen atoms in total. The van der Waals surface area contributed by atoms with E-state index in [2.05, 4.69) is 5.32 Å². The standard InChI is InChI=1S/C17H17NO6S/c1-9-10(2)25-15(14(9)17(22)23-3)18-13(20)8-24-16(21)11-5-4-6-12(19)7-11/h4-7,19H,8H2,1-3H3,(H,18,20). The Morgan fingerprint density at radius 3 is 2.56 bits per heavy atom. The van der Waals surface area contributed by atoms with Gasteiger partial charge in [-0.25, -0.2) is 9.59 Å². The van der Waals surface area contributed by atoms with E-state index in [0.29, 0.717) is 5.00 Å². The van der Waals surface area contributed by atoms with Gasteiger partial charge in [-0.1, -0.05) is 6.07 Å². The number of phenols is 1. The largest absolute Gasteiger partial charge is 0.508 e. The van der Waals surface area contributed by atoms with Crippen molar-refractivity contribution < 1.29 is 29.0 Å². The topological polar surface area (TPSA) is 102 Å². The van der Waals surface area contributed by atoms with Crippen LogP contribution in [0.4, 0.5) is 5.00 Å². The van der Waals surface area contributed by atoms with E-state index in [9.17, 15) is 19.5 Å². The van der Waals surface area contributed by atoms with E-state index in [-0.39, 0.29) is 16.9 Å². The number of benzene rings is 1. The molecule has 1 heterocycles. The maximum Gasteiger partial charge on any atom is 0.341 e. The molecule has 0 atom stereocenters. The summed E-state index contributed by atoms with van der Waals surface area (Å²) >= 11 is 1.24. The number of thiophene rings is 1. The molecule has 0 aliphatic carbocycles. The third kappa shape index (κ3) is 4.36. The van der Waals surface area contributed by atoms with Crippen LogP contribution in [0.3, 0.4) is 0 Å². The Morgan fingerprint density at radius 2 is 1.92 bits per heavy atom. The second-order valence-electron chi connectivity index (χ2n) is 5.15. The highest BCUT2D eigenvalue weighted by Gasteiger charge is 2.22. The van der Waals surface area contributed by atoms with Gasteiger partial charge in [0.05, 0.1) is 18.2 Å². The van der Waals surface area contributed by atoms with Gasteiger partial charge in [0, 0.05) is 4.88 Å². The van der Waals surface area contributed by atoms with Crippen LogP contribution in [0.25, 0.3) is 0 Å². The summed E-state index contributed by atoms with van der Waals surface area (Å²) in [7, 11) is 1.26. The van der Waals surface area contributed by atoms with Crippen LogP contribution >= 0.6 is 11.3 Å². The van der Waals surface area contributed by atoms with Gasteiger partial charge in [-0.3, -0.25) is 4.79 Å². The number of carbonyl (C=O) groups excluding carboxylic acids is 3. The van der Waals surface area contributed by atoms with E-state index in [4.69, 9.17) is 9.47 Å². The van der Waals surface area contributed by atoms with Gasteiger partial charge in [-0.15, -0.1) is 11.3 Å². The minimum absolute atomic E-state index is 0.0776. The van der Waals surface area contributed by atoms with Gasteiger partial charge in [0.2, 0.25) is 0 Å². The van der Waals surface area contributed by atoms with Crippen molar-refractivity contribution >= 4 is 34.2 Å². The monoisotopic (exact) mass is 363 g/mol. The zero-order valence-corrected chi connectivity index (χ0v) is 14.7. The van der Waals surface area contributed by atoms with Crippen molar-refractivity contribution in [2.45, 2.75) is 13.8 Å². The van der Waals surface area contributed by atoms with E-state index < -0.39 is 24.5 Å². The van der Waals surface area contributed by atoms with Crippen LogP contribution in [0, 0.1) is 13.8 Å². The fourth-order valence-electron chi connectivity index (χ4n) is 2.07. The van der Waals surface area contributed by atoms with Crippen LogP contribution in [0.2, 0.25) is 0 Å². The molecule has 0 saturated heterocycles. The highest BCUT2D eigenvalue weighted by Crippen LogP contribution is 2.32. The fourth-order valence-corrected chi connectivity index (χ4v) is 3.14. The lowest BCUT2D eigenvalue weighted by atomic mass is 10.1. The Balaban J connectivity index is 2.02. The van der Waals surface area contributed by atoms with Crippen molar-refractivity contribution in [1.82, 2.24) is 0 Å². The third-order valence-corrected chi connectivity index (χ3v) is 4.57. The molecule has 0 radical (unpaired) electrons. The molecule has 2 rings (SSSR count). The highest BCUT2D eigenvalue weighted by molar-refractivity contribution is 7.16. The predicted octanol–water partition coefficient (Wildman–Crippen LogP) is 2.65. The van der Waals surface area contributed by atoms with E-state index in [1.54, 1.807) is 6.92 Å². The van der Waals surface area contributed by atoms with Crippen molar-refractivity contribution in [3.05, 3.63) is 45.8 Å². The number of hydrogen-bond acceptors (Lipinski definition) is 7. The number of carbonyl (C=O) groups is 3. The molecular formula is C17H17NO6S. The smallest absolute Gasteiger partial charge is 0.341 e. The van der Waals surface area contributed by atoms with E-state index in [0.717, 1.165) is 10.4 Å². The van der Waals surface area contributed by atoms with Gasteiger partial charge in [-0.05, 0) is 37.6 Å². The first-order valence-corrected chi connectivity index (χ1v) is 8.09. The van der Waals surface area contributed by atoms with E-state index >= 15 is 0 Å². The molecule has 2 N–H and O–H groups in total. The Labute approximate surface area is 148 Å². The molecule has 1 aromatic heterocycles. The number of amides is 1. The van der Waals surface area contributed by atoms with Crippen molar-refractivity contribution in [3.8, 4) is 5.75 Å². The summed E-state index contributed by atoms with van der Waals surface area (Å²) in [6, 6.07) is 5.61. The molecule has 0 spiro atoms. The summed E-state index contributed by atoms with van der Waals surface area (Å²) < 4.78 is 9.63. The first-order chi connectivity index (χ1) is 11.8. The van der Waals surface area contributed by atoms with Gasteiger partial charge in [0.1, 0.15) is 10.8 Å². The zero-order chi connectivity index (χ0) is 18.6. The molecule has 0 aliphatic rings. The molecular weight excluding hydrogens is 346 g/mol. The lowest BCUT2D eigenvalue weighted by Crippen LogP contribution is -2.21. The Hall–Kier alpha value is -2.87. The van der Waals surface area contributed by atoms with Crippen LogP contribution in [0.1, 0.15) is 31.2 Å². The lowest BCUT2D eigenvalue weighted by Gasteiger charge is -2.07. The van der Waals surface area contributed by atoms with E-state index in [1.165, 1.54) is 42.7 Å². The summed E-state index contributed by atoms with van der Waals surface area (Å²) in [6.45, 7) is 3.06. The first kappa shape index (κ1) is 18.5. The average molecular weight is 363 g/mol. The molecule has 2 aromatic rings. The second kappa shape index (κ2) is 7.80. The summed E-state index contributed by atoms with van der Waals surface area (Å²) in [5.74, 6) is -1.95. The second-order valence-corrected chi connectivity index (χ2v) is 6.38. The Bertz CT molecular complexity index is 827. The van der Waals surface area contributed by atoms with Crippen LogP contribution in [-0.4, -0.2) is 36.7 Å². The number of nitrogens with one attached hydrogen (secondary N) is 1.